The largest absolute Gasteiger partial charge is 0.497 e. The molecule has 4 nitrogen and oxygen atoms in total. The van der Waals surface area contributed by atoms with E-state index in [0.29, 0.717) is 19.0 Å². The van der Waals surface area contributed by atoms with Crippen molar-refractivity contribution in [2.24, 2.45) is 0 Å². The first-order chi connectivity index (χ1) is 9.11. The van der Waals surface area contributed by atoms with Crippen LogP contribution in [0.2, 0.25) is 0 Å². The van der Waals surface area contributed by atoms with Crippen LogP contribution in [0.5, 0.6) is 5.75 Å². The lowest BCUT2D eigenvalue weighted by Gasteiger charge is -2.09. The molecule has 0 aliphatic carbocycles. The minimum Gasteiger partial charge on any atom is -0.497 e. The molecule has 1 aromatic rings. The van der Waals surface area contributed by atoms with E-state index in [-0.39, 0.29) is 5.91 Å². The average Bonchev–Trinajstić information content (AvgIpc) is 2.41. The van der Waals surface area contributed by atoms with Crippen LogP contribution in [0.3, 0.4) is 0 Å². The van der Waals surface area contributed by atoms with Crippen LogP contribution in [0.25, 0.3) is 0 Å². The molecule has 0 aliphatic rings. The van der Waals surface area contributed by atoms with Crippen molar-refractivity contribution in [2.45, 2.75) is 39.3 Å². The Hall–Kier alpha value is -1.55. The highest BCUT2D eigenvalue weighted by molar-refractivity contribution is 5.75. The molecule has 0 saturated carbocycles. The molecule has 0 bridgehead atoms. The van der Waals surface area contributed by atoms with Crippen molar-refractivity contribution in [2.75, 3.05) is 13.7 Å². The molecule has 0 heterocycles. The number of carbonyl (C=O) groups excluding carboxylic acids is 1. The topological polar surface area (TPSA) is 50.4 Å². The summed E-state index contributed by atoms with van der Waals surface area (Å²) in [5.74, 6) is 0.904. The van der Waals surface area contributed by atoms with E-state index < -0.39 is 0 Å². The van der Waals surface area contributed by atoms with Gasteiger partial charge in [-0.2, -0.15) is 0 Å². The number of methoxy groups -OCH3 is 1. The standard InChI is InChI=1S/C15H24N2O2/c1-12(2)16-9-5-8-15(18)17-11-13-6-4-7-14(10-13)19-3/h4,6-7,10,12,16H,5,8-9,11H2,1-3H3,(H,17,18). The van der Waals surface area contributed by atoms with Gasteiger partial charge in [0.15, 0.2) is 0 Å². The summed E-state index contributed by atoms with van der Waals surface area (Å²) < 4.78 is 5.14. The number of amides is 1. The molecule has 19 heavy (non-hydrogen) atoms. The molecule has 0 atom stereocenters. The quantitative estimate of drug-likeness (QED) is 0.707. The number of hydrogen-bond donors (Lipinski definition) is 2. The number of hydrogen-bond acceptors (Lipinski definition) is 3. The van der Waals surface area contributed by atoms with Gasteiger partial charge in [0.1, 0.15) is 5.75 Å². The summed E-state index contributed by atoms with van der Waals surface area (Å²) in [5, 5.41) is 6.21. The zero-order chi connectivity index (χ0) is 14.1. The van der Waals surface area contributed by atoms with Crippen molar-refractivity contribution in [3.05, 3.63) is 29.8 Å². The van der Waals surface area contributed by atoms with Crippen molar-refractivity contribution < 1.29 is 9.53 Å². The minimum atomic E-state index is 0.0911. The van der Waals surface area contributed by atoms with Crippen molar-refractivity contribution in [1.82, 2.24) is 10.6 Å². The molecule has 2 N–H and O–H groups in total. The van der Waals surface area contributed by atoms with E-state index >= 15 is 0 Å². The highest BCUT2D eigenvalue weighted by Crippen LogP contribution is 2.12. The van der Waals surface area contributed by atoms with Crippen LogP contribution in [-0.2, 0) is 11.3 Å². The molecule has 0 aliphatic heterocycles. The van der Waals surface area contributed by atoms with Crippen LogP contribution >= 0.6 is 0 Å². The van der Waals surface area contributed by atoms with E-state index in [1.165, 1.54) is 0 Å². The van der Waals surface area contributed by atoms with Gasteiger partial charge in [-0.25, -0.2) is 0 Å². The first-order valence-corrected chi connectivity index (χ1v) is 6.75. The van der Waals surface area contributed by atoms with E-state index in [0.717, 1.165) is 24.3 Å². The Labute approximate surface area is 115 Å². The molecule has 1 aromatic carbocycles. The molecular weight excluding hydrogens is 240 g/mol. The predicted octanol–water partition coefficient (Wildman–Crippen LogP) is 2.09. The van der Waals surface area contributed by atoms with Gasteiger partial charge in [-0.1, -0.05) is 26.0 Å². The second-order valence-electron chi connectivity index (χ2n) is 4.84. The van der Waals surface area contributed by atoms with Crippen molar-refractivity contribution in [3.63, 3.8) is 0 Å². The van der Waals surface area contributed by atoms with E-state index in [2.05, 4.69) is 24.5 Å². The third-order valence-corrected chi connectivity index (χ3v) is 2.76. The maximum atomic E-state index is 11.6. The lowest BCUT2D eigenvalue weighted by atomic mass is 10.2. The Morgan fingerprint density at radius 3 is 2.84 bits per heavy atom. The highest BCUT2D eigenvalue weighted by Gasteiger charge is 2.02. The van der Waals surface area contributed by atoms with Crippen LogP contribution in [0.1, 0.15) is 32.3 Å². The molecule has 1 amide bonds. The van der Waals surface area contributed by atoms with Gasteiger partial charge in [-0.3, -0.25) is 4.79 Å². The molecule has 0 spiro atoms. The van der Waals surface area contributed by atoms with E-state index in [1.54, 1.807) is 7.11 Å². The Morgan fingerprint density at radius 1 is 1.37 bits per heavy atom. The maximum absolute atomic E-state index is 11.6. The van der Waals surface area contributed by atoms with Gasteiger partial charge in [0.25, 0.3) is 0 Å². The zero-order valence-corrected chi connectivity index (χ0v) is 12.0. The number of rotatable bonds is 8. The van der Waals surface area contributed by atoms with Crippen molar-refractivity contribution in [1.29, 1.82) is 0 Å². The molecule has 0 fully saturated rings. The van der Waals surface area contributed by atoms with Gasteiger partial charge >= 0.3 is 0 Å². The van der Waals surface area contributed by atoms with E-state index in [9.17, 15) is 4.79 Å². The SMILES string of the molecule is COc1cccc(CNC(=O)CCCNC(C)C)c1. The van der Waals surface area contributed by atoms with Crippen LogP contribution in [0.15, 0.2) is 24.3 Å². The van der Waals surface area contributed by atoms with Crippen LogP contribution in [0.4, 0.5) is 0 Å². The zero-order valence-electron chi connectivity index (χ0n) is 12.0. The van der Waals surface area contributed by atoms with Crippen LogP contribution < -0.4 is 15.4 Å². The Bertz CT molecular complexity index is 391. The molecule has 106 valence electrons. The summed E-state index contributed by atoms with van der Waals surface area (Å²) in [5.41, 5.74) is 1.05. The Balaban J connectivity index is 2.22. The fourth-order valence-corrected chi connectivity index (χ4v) is 1.71. The third kappa shape index (κ3) is 6.82. The second-order valence-corrected chi connectivity index (χ2v) is 4.84. The average molecular weight is 264 g/mol. The first-order valence-electron chi connectivity index (χ1n) is 6.75. The summed E-state index contributed by atoms with van der Waals surface area (Å²) in [6, 6.07) is 8.19. The Morgan fingerprint density at radius 2 is 2.16 bits per heavy atom. The first kappa shape index (κ1) is 15.5. The Kier molecular flexibility index (Phi) is 6.97. The summed E-state index contributed by atoms with van der Waals surface area (Å²) in [6.07, 6.45) is 1.42. The molecule has 0 aromatic heterocycles. The van der Waals surface area contributed by atoms with E-state index in [1.807, 2.05) is 24.3 Å². The van der Waals surface area contributed by atoms with Gasteiger partial charge in [-0.15, -0.1) is 0 Å². The normalized spacial score (nSPS) is 10.5. The molecule has 0 radical (unpaired) electrons. The van der Waals surface area contributed by atoms with Gasteiger partial charge in [0.2, 0.25) is 5.91 Å². The van der Waals surface area contributed by atoms with Crippen LogP contribution in [0, 0.1) is 0 Å². The van der Waals surface area contributed by atoms with Gasteiger partial charge in [0.05, 0.1) is 7.11 Å². The molecule has 0 unspecified atom stereocenters. The lowest BCUT2D eigenvalue weighted by Crippen LogP contribution is -2.27. The second kappa shape index (κ2) is 8.53. The molecular formula is C15H24N2O2. The summed E-state index contributed by atoms with van der Waals surface area (Å²) >= 11 is 0. The van der Waals surface area contributed by atoms with Crippen molar-refractivity contribution in [3.8, 4) is 5.75 Å². The maximum Gasteiger partial charge on any atom is 0.220 e. The fraction of sp³-hybridized carbons (Fsp3) is 0.533. The fourth-order valence-electron chi connectivity index (χ4n) is 1.71. The molecule has 1 rings (SSSR count). The van der Waals surface area contributed by atoms with Gasteiger partial charge in [-0.05, 0) is 30.7 Å². The number of carbonyl (C=O) groups is 1. The predicted molar refractivity (Wildman–Crippen MR) is 77.2 cm³/mol. The van der Waals surface area contributed by atoms with Crippen molar-refractivity contribution >= 4 is 5.91 Å². The van der Waals surface area contributed by atoms with Crippen LogP contribution in [-0.4, -0.2) is 25.6 Å². The van der Waals surface area contributed by atoms with Gasteiger partial charge in [0, 0.05) is 19.0 Å². The lowest BCUT2D eigenvalue weighted by molar-refractivity contribution is -0.121. The highest BCUT2D eigenvalue weighted by atomic mass is 16.5. The molecule has 4 heteroatoms. The smallest absolute Gasteiger partial charge is 0.220 e. The summed E-state index contributed by atoms with van der Waals surface area (Å²) in [4.78, 5) is 11.6. The number of ether oxygens (including phenoxy) is 1. The summed E-state index contributed by atoms with van der Waals surface area (Å²) in [6.45, 7) is 5.63. The molecule has 0 saturated heterocycles. The summed E-state index contributed by atoms with van der Waals surface area (Å²) in [7, 11) is 1.64. The number of nitrogens with one attached hydrogen (secondary N) is 2. The van der Waals surface area contributed by atoms with E-state index in [4.69, 9.17) is 4.74 Å². The van der Waals surface area contributed by atoms with Gasteiger partial charge < -0.3 is 15.4 Å². The number of benzene rings is 1. The monoisotopic (exact) mass is 264 g/mol. The minimum absolute atomic E-state index is 0.0911. The third-order valence-electron chi connectivity index (χ3n) is 2.76.